The van der Waals surface area contributed by atoms with Crippen molar-refractivity contribution in [2.45, 2.75) is 0 Å². The predicted octanol–water partition coefficient (Wildman–Crippen LogP) is 2.52. The molecule has 0 amide bonds. The van der Waals surface area contributed by atoms with Crippen molar-refractivity contribution in [1.29, 1.82) is 0 Å². The van der Waals surface area contributed by atoms with Crippen LogP contribution in [0.25, 0.3) is 0 Å². The number of hydrogen-bond acceptors (Lipinski definition) is 4. The molecule has 0 saturated carbocycles. The molecule has 0 radical (unpaired) electrons. The van der Waals surface area contributed by atoms with Crippen molar-refractivity contribution in [3.63, 3.8) is 0 Å². The van der Waals surface area contributed by atoms with E-state index >= 15 is 0 Å². The molecule has 1 heterocycles. The van der Waals surface area contributed by atoms with Gasteiger partial charge in [-0.15, -0.1) is 0 Å². The minimum Gasteiger partial charge on any atom is -0.427 e. The molecule has 0 unspecified atom stereocenters. The molecule has 0 fully saturated rings. The fourth-order valence-corrected chi connectivity index (χ4v) is 1.51. The number of rotatable bonds is 2. The SMILES string of the molecule is O=[N+]([O-])c1ccc(=Nc2ccccc2Cl)n(O)c1. The summed E-state index contributed by atoms with van der Waals surface area (Å²) in [5.41, 5.74) is 0.389. The zero-order chi connectivity index (χ0) is 13.1. The number of halogens is 1. The molecule has 92 valence electrons. The molecule has 2 rings (SSSR count). The van der Waals surface area contributed by atoms with Crippen LogP contribution in [0.1, 0.15) is 0 Å². The molecule has 2 aromatic rings. The monoisotopic (exact) mass is 265 g/mol. The number of nitro groups is 1. The largest absolute Gasteiger partial charge is 0.427 e. The summed E-state index contributed by atoms with van der Waals surface area (Å²) in [5, 5.41) is 20.5. The van der Waals surface area contributed by atoms with Crippen molar-refractivity contribution in [2.24, 2.45) is 4.99 Å². The maximum atomic E-state index is 10.5. The van der Waals surface area contributed by atoms with E-state index in [0.29, 0.717) is 15.4 Å². The van der Waals surface area contributed by atoms with Gasteiger partial charge in [-0.2, -0.15) is 4.73 Å². The van der Waals surface area contributed by atoms with Gasteiger partial charge in [0.05, 0.1) is 15.6 Å². The highest BCUT2D eigenvalue weighted by molar-refractivity contribution is 6.32. The average molecular weight is 266 g/mol. The zero-order valence-corrected chi connectivity index (χ0v) is 9.78. The molecule has 6 nitrogen and oxygen atoms in total. The van der Waals surface area contributed by atoms with Crippen molar-refractivity contribution in [2.75, 3.05) is 0 Å². The first-order chi connectivity index (χ1) is 8.58. The Morgan fingerprint density at radius 1 is 1.28 bits per heavy atom. The Bertz CT molecular complexity index is 667. The number of hydrogen-bond donors (Lipinski definition) is 1. The van der Waals surface area contributed by atoms with Crippen LogP contribution in [0.2, 0.25) is 5.02 Å². The lowest BCUT2D eigenvalue weighted by Crippen LogP contribution is -2.17. The van der Waals surface area contributed by atoms with E-state index in [-0.39, 0.29) is 11.2 Å². The Hall–Kier alpha value is -2.34. The summed E-state index contributed by atoms with van der Waals surface area (Å²) in [5.74, 6) is 0. The number of para-hydroxylation sites is 1. The molecule has 1 aromatic heterocycles. The molecule has 0 bridgehead atoms. The van der Waals surface area contributed by atoms with Gasteiger partial charge in [0, 0.05) is 6.07 Å². The van der Waals surface area contributed by atoms with Gasteiger partial charge in [0.1, 0.15) is 6.20 Å². The van der Waals surface area contributed by atoms with E-state index in [9.17, 15) is 15.3 Å². The summed E-state index contributed by atoms with van der Waals surface area (Å²) < 4.78 is 0.585. The van der Waals surface area contributed by atoms with Crippen LogP contribution >= 0.6 is 11.6 Å². The van der Waals surface area contributed by atoms with Crippen LogP contribution in [0.5, 0.6) is 0 Å². The fraction of sp³-hybridized carbons (Fsp3) is 0. The fourth-order valence-electron chi connectivity index (χ4n) is 1.33. The molecule has 18 heavy (non-hydrogen) atoms. The predicted molar refractivity (Wildman–Crippen MR) is 64.9 cm³/mol. The minimum atomic E-state index is -0.605. The van der Waals surface area contributed by atoms with E-state index in [1.807, 2.05) is 0 Å². The molecule has 0 aliphatic rings. The van der Waals surface area contributed by atoms with Crippen molar-refractivity contribution in [3.05, 3.63) is 63.2 Å². The van der Waals surface area contributed by atoms with Gasteiger partial charge in [0.15, 0.2) is 5.49 Å². The Labute approximate surface area is 107 Å². The van der Waals surface area contributed by atoms with Crippen LogP contribution in [-0.2, 0) is 0 Å². The lowest BCUT2D eigenvalue weighted by atomic mass is 10.3. The number of nitrogens with zero attached hydrogens (tertiary/aromatic N) is 3. The first-order valence-electron chi connectivity index (χ1n) is 4.93. The van der Waals surface area contributed by atoms with Gasteiger partial charge < -0.3 is 5.21 Å². The zero-order valence-electron chi connectivity index (χ0n) is 9.02. The van der Waals surface area contributed by atoms with E-state index in [0.717, 1.165) is 6.20 Å². The molecule has 0 spiro atoms. The molecule has 0 aliphatic heterocycles. The van der Waals surface area contributed by atoms with Gasteiger partial charge in [0.2, 0.25) is 0 Å². The van der Waals surface area contributed by atoms with Crippen LogP contribution < -0.4 is 5.49 Å². The summed E-state index contributed by atoms with van der Waals surface area (Å²) in [7, 11) is 0. The third-order valence-corrected chi connectivity index (χ3v) is 2.51. The number of aromatic nitrogens is 1. The Kier molecular flexibility index (Phi) is 3.29. The number of benzene rings is 1. The highest BCUT2D eigenvalue weighted by Crippen LogP contribution is 2.22. The van der Waals surface area contributed by atoms with Crippen molar-refractivity contribution in [3.8, 4) is 0 Å². The smallest absolute Gasteiger partial charge is 0.289 e. The van der Waals surface area contributed by atoms with Gasteiger partial charge >= 0.3 is 0 Å². The Balaban J connectivity index is 2.52. The van der Waals surface area contributed by atoms with Crippen LogP contribution in [0.3, 0.4) is 0 Å². The molecule has 0 saturated heterocycles. The number of pyridine rings is 1. The first-order valence-corrected chi connectivity index (χ1v) is 5.31. The highest BCUT2D eigenvalue weighted by Gasteiger charge is 2.06. The molecule has 7 heteroatoms. The molecular formula is C11H8ClN3O3. The summed E-state index contributed by atoms with van der Waals surface area (Å²) in [6.07, 6.45) is 0.968. The van der Waals surface area contributed by atoms with Crippen molar-refractivity contribution >= 4 is 23.0 Å². The normalized spacial score (nSPS) is 11.5. The maximum absolute atomic E-state index is 10.5. The quantitative estimate of drug-likeness (QED) is 0.515. The van der Waals surface area contributed by atoms with Gasteiger partial charge in [-0.1, -0.05) is 23.7 Å². The standard InChI is InChI=1S/C11H8ClN3O3/c12-9-3-1-2-4-10(9)13-11-6-5-8(15(17)18)7-14(11)16/h1-7,16H. The van der Waals surface area contributed by atoms with Crippen molar-refractivity contribution in [1.82, 2.24) is 4.73 Å². The molecule has 1 aromatic carbocycles. The lowest BCUT2D eigenvalue weighted by Gasteiger charge is -2.00. The molecule has 1 N–H and O–H groups in total. The summed E-state index contributed by atoms with van der Waals surface area (Å²) in [4.78, 5) is 14.0. The van der Waals surface area contributed by atoms with Crippen LogP contribution in [-0.4, -0.2) is 14.9 Å². The maximum Gasteiger partial charge on any atom is 0.289 e. The van der Waals surface area contributed by atoms with Crippen LogP contribution in [0, 0.1) is 10.1 Å². The molecule has 0 atom stereocenters. The molecule has 0 aliphatic carbocycles. The van der Waals surface area contributed by atoms with E-state index < -0.39 is 4.92 Å². The second-order valence-corrected chi connectivity index (χ2v) is 3.82. The summed E-state index contributed by atoms with van der Waals surface area (Å²) >= 11 is 5.92. The highest BCUT2D eigenvalue weighted by atomic mass is 35.5. The van der Waals surface area contributed by atoms with Crippen LogP contribution in [0.4, 0.5) is 11.4 Å². The average Bonchev–Trinajstić information content (AvgIpc) is 2.34. The van der Waals surface area contributed by atoms with E-state index in [1.165, 1.54) is 12.1 Å². The third kappa shape index (κ3) is 2.49. The molecular weight excluding hydrogens is 258 g/mol. The third-order valence-electron chi connectivity index (χ3n) is 2.19. The summed E-state index contributed by atoms with van der Waals surface area (Å²) in [6, 6.07) is 9.42. The first kappa shape index (κ1) is 12.1. The summed E-state index contributed by atoms with van der Waals surface area (Å²) in [6.45, 7) is 0. The Morgan fingerprint density at radius 2 is 2.00 bits per heavy atom. The van der Waals surface area contributed by atoms with E-state index in [4.69, 9.17) is 11.6 Å². The Morgan fingerprint density at radius 3 is 2.61 bits per heavy atom. The van der Waals surface area contributed by atoms with Crippen LogP contribution in [0.15, 0.2) is 47.6 Å². The topological polar surface area (TPSA) is 80.7 Å². The van der Waals surface area contributed by atoms with Gasteiger partial charge in [-0.05, 0) is 18.2 Å². The lowest BCUT2D eigenvalue weighted by molar-refractivity contribution is -0.385. The van der Waals surface area contributed by atoms with Gasteiger partial charge in [-0.3, -0.25) is 10.1 Å². The van der Waals surface area contributed by atoms with Gasteiger partial charge in [0.25, 0.3) is 5.69 Å². The van der Waals surface area contributed by atoms with E-state index in [2.05, 4.69) is 4.99 Å². The van der Waals surface area contributed by atoms with Gasteiger partial charge in [-0.25, -0.2) is 4.99 Å². The van der Waals surface area contributed by atoms with E-state index in [1.54, 1.807) is 24.3 Å². The second-order valence-electron chi connectivity index (χ2n) is 3.41. The second kappa shape index (κ2) is 4.89. The van der Waals surface area contributed by atoms with Crippen molar-refractivity contribution < 1.29 is 10.1 Å². The minimum absolute atomic E-state index is 0.147.